The first-order valence-electron chi connectivity index (χ1n) is 8.79. The van der Waals surface area contributed by atoms with Crippen LogP contribution in [-0.4, -0.2) is 18.8 Å². The van der Waals surface area contributed by atoms with Crippen molar-refractivity contribution in [3.8, 4) is 11.5 Å². The van der Waals surface area contributed by atoms with Crippen LogP contribution < -0.4 is 14.8 Å². The molecule has 0 spiro atoms. The SMILES string of the molecule is COc1cc(CNC(=O)c2ccc(C(C)=O)s2)ccc1OCc1ccccc1. The average Bonchev–Trinajstić information content (AvgIpc) is 3.22. The number of hydrogen-bond acceptors (Lipinski definition) is 5. The van der Waals surface area contributed by atoms with Crippen LogP contribution in [0.25, 0.3) is 0 Å². The maximum absolute atomic E-state index is 12.3. The second-order valence-corrected chi connectivity index (χ2v) is 7.25. The number of ketones is 1. The Labute approximate surface area is 167 Å². The molecule has 1 N–H and O–H groups in total. The second-order valence-electron chi connectivity index (χ2n) is 6.16. The first kappa shape index (κ1) is 19.6. The van der Waals surface area contributed by atoms with Crippen LogP contribution in [0.3, 0.4) is 0 Å². The van der Waals surface area contributed by atoms with Gasteiger partial charge in [-0.2, -0.15) is 0 Å². The van der Waals surface area contributed by atoms with Gasteiger partial charge in [0.15, 0.2) is 17.3 Å². The number of hydrogen-bond donors (Lipinski definition) is 1. The fourth-order valence-corrected chi connectivity index (χ4v) is 3.41. The fraction of sp³-hybridized carbons (Fsp3) is 0.182. The van der Waals surface area contributed by atoms with Crippen LogP contribution in [0.15, 0.2) is 60.7 Å². The molecule has 0 saturated heterocycles. The van der Waals surface area contributed by atoms with Crippen LogP contribution in [0.4, 0.5) is 0 Å². The van der Waals surface area contributed by atoms with Gasteiger partial charge in [-0.25, -0.2) is 0 Å². The van der Waals surface area contributed by atoms with Gasteiger partial charge in [-0.05, 0) is 42.3 Å². The van der Waals surface area contributed by atoms with Crippen molar-refractivity contribution in [3.63, 3.8) is 0 Å². The number of Topliss-reactive ketones (excluding diaryl/α,β-unsaturated/α-hetero) is 1. The monoisotopic (exact) mass is 395 g/mol. The van der Waals surface area contributed by atoms with E-state index in [4.69, 9.17) is 9.47 Å². The number of benzene rings is 2. The van der Waals surface area contributed by atoms with Crippen molar-refractivity contribution in [2.24, 2.45) is 0 Å². The summed E-state index contributed by atoms with van der Waals surface area (Å²) in [5.74, 6) is 1.00. The number of ether oxygens (including phenoxy) is 2. The van der Waals surface area contributed by atoms with E-state index in [9.17, 15) is 9.59 Å². The standard InChI is InChI=1S/C22H21NO4S/c1-15(24)20-10-11-21(28-20)22(25)23-13-17-8-9-18(19(12-17)26-2)27-14-16-6-4-3-5-7-16/h3-12H,13-14H2,1-2H3,(H,23,25). The Morgan fingerprint density at radius 2 is 1.68 bits per heavy atom. The molecule has 1 aromatic heterocycles. The molecular formula is C22H21NO4S. The number of carbonyl (C=O) groups excluding carboxylic acids is 2. The predicted molar refractivity (Wildman–Crippen MR) is 109 cm³/mol. The minimum absolute atomic E-state index is 0.0418. The van der Waals surface area contributed by atoms with Gasteiger partial charge >= 0.3 is 0 Å². The van der Waals surface area contributed by atoms with Gasteiger partial charge in [0.05, 0.1) is 16.9 Å². The Morgan fingerprint density at radius 3 is 2.36 bits per heavy atom. The van der Waals surface area contributed by atoms with Crippen LogP contribution in [0.2, 0.25) is 0 Å². The molecule has 5 nitrogen and oxygen atoms in total. The fourth-order valence-electron chi connectivity index (χ4n) is 2.60. The summed E-state index contributed by atoms with van der Waals surface area (Å²) >= 11 is 1.19. The summed E-state index contributed by atoms with van der Waals surface area (Å²) in [7, 11) is 1.59. The van der Waals surface area contributed by atoms with Gasteiger partial charge in [0.1, 0.15) is 6.61 Å². The van der Waals surface area contributed by atoms with E-state index >= 15 is 0 Å². The molecule has 0 bridgehead atoms. The lowest BCUT2D eigenvalue weighted by atomic mass is 10.2. The van der Waals surface area contributed by atoms with E-state index in [2.05, 4.69) is 5.32 Å². The molecule has 0 unspecified atom stereocenters. The quantitative estimate of drug-likeness (QED) is 0.572. The summed E-state index contributed by atoms with van der Waals surface area (Å²) in [5, 5.41) is 2.86. The molecule has 0 atom stereocenters. The molecule has 0 aliphatic carbocycles. The van der Waals surface area contributed by atoms with E-state index in [1.54, 1.807) is 19.2 Å². The molecular weight excluding hydrogens is 374 g/mol. The number of carbonyl (C=O) groups is 2. The normalized spacial score (nSPS) is 10.4. The highest BCUT2D eigenvalue weighted by Gasteiger charge is 2.12. The third kappa shape index (κ3) is 4.98. The summed E-state index contributed by atoms with van der Waals surface area (Å²) in [5.41, 5.74) is 1.96. The molecule has 3 rings (SSSR count). The Balaban J connectivity index is 1.61. The molecule has 0 fully saturated rings. The molecule has 6 heteroatoms. The minimum atomic E-state index is -0.208. The first-order valence-corrected chi connectivity index (χ1v) is 9.61. The molecule has 144 valence electrons. The van der Waals surface area contributed by atoms with Gasteiger partial charge in [-0.3, -0.25) is 9.59 Å². The van der Waals surface area contributed by atoms with Gasteiger partial charge < -0.3 is 14.8 Å². The van der Waals surface area contributed by atoms with Gasteiger partial charge in [0.25, 0.3) is 5.91 Å². The van der Waals surface area contributed by atoms with E-state index in [-0.39, 0.29) is 11.7 Å². The summed E-state index contributed by atoms with van der Waals surface area (Å²) in [6.07, 6.45) is 0. The van der Waals surface area contributed by atoms with Crippen molar-refractivity contribution in [3.05, 3.63) is 81.5 Å². The molecule has 0 aliphatic rings. The number of methoxy groups -OCH3 is 1. The Hall–Kier alpha value is -3.12. The Bertz CT molecular complexity index is 966. The van der Waals surface area contributed by atoms with Crippen molar-refractivity contribution in [2.75, 3.05) is 7.11 Å². The molecule has 28 heavy (non-hydrogen) atoms. The van der Waals surface area contributed by atoms with Crippen LogP contribution >= 0.6 is 11.3 Å². The number of nitrogens with one attached hydrogen (secondary N) is 1. The van der Waals surface area contributed by atoms with Crippen molar-refractivity contribution in [1.29, 1.82) is 0 Å². The Kier molecular flexibility index (Phi) is 6.45. The van der Waals surface area contributed by atoms with Gasteiger partial charge in [0, 0.05) is 6.54 Å². The van der Waals surface area contributed by atoms with E-state index in [0.29, 0.717) is 34.4 Å². The smallest absolute Gasteiger partial charge is 0.261 e. The lowest BCUT2D eigenvalue weighted by molar-refractivity contribution is 0.0954. The summed E-state index contributed by atoms with van der Waals surface area (Å²) in [6, 6.07) is 18.8. The van der Waals surface area contributed by atoms with E-state index in [1.165, 1.54) is 18.3 Å². The number of amides is 1. The Morgan fingerprint density at radius 1 is 0.929 bits per heavy atom. The molecule has 3 aromatic rings. The van der Waals surface area contributed by atoms with Gasteiger partial charge in [-0.1, -0.05) is 36.4 Å². The molecule has 1 amide bonds. The number of rotatable bonds is 8. The second kappa shape index (κ2) is 9.19. The van der Waals surface area contributed by atoms with Crippen LogP contribution in [0.1, 0.15) is 37.4 Å². The highest BCUT2D eigenvalue weighted by atomic mass is 32.1. The predicted octanol–water partition coefficient (Wildman–Crippen LogP) is 4.47. The van der Waals surface area contributed by atoms with Gasteiger partial charge in [-0.15, -0.1) is 11.3 Å². The zero-order valence-electron chi connectivity index (χ0n) is 15.7. The minimum Gasteiger partial charge on any atom is -0.493 e. The van der Waals surface area contributed by atoms with Crippen molar-refractivity contribution in [1.82, 2.24) is 5.32 Å². The van der Waals surface area contributed by atoms with Crippen molar-refractivity contribution in [2.45, 2.75) is 20.1 Å². The summed E-state index contributed by atoms with van der Waals surface area (Å²) in [4.78, 5) is 24.7. The average molecular weight is 395 g/mol. The molecule has 1 heterocycles. The zero-order chi connectivity index (χ0) is 19.9. The third-order valence-electron chi connectivity index (χ3n) is 4.10. The molecule has 0 saturated carbocycles. The van der Waals surface area contributed by atoms with E-state index in [0.717, 1.165) is 11.1 Å². The molecule has 0 aliphatic heterocycles. The van der Waals surface area contributed by atoms with Crippen LogP contribution in [-0.2, 0) is 13.2 Å². The van der Waals surface area contributed by atoms with Crippen molar-refractivity contribution < 1.29 is 19.1 Å². The maximum Gasteiger partial charge on any atom is 0.261 e. The zero-order valence-corrected chi connectivity index (χ0v) is 16.5. The topological polar surface area (TPSA) is 64.6 Å². The van der Waals surface area contributed by atoms with Gasteiger partial charge in [0.2, 0.25) is 0 Å². The largest absolute Gasteiger partial charge is 0.493 e. The maximum atomic E-state index is 12.3. The lowest BCUT2D eigenvalue weighted by Crippen LogP contribution is -2.21. The molecule has 2 aromatic carbocycles. The van der Waals surface area contributed by atoms with Crippen LogP contribution in [0.5, 0.6) is 11.5 Å². The van der Waals surface area contributed by atoms with E-state index in [1.807, 2.05) is 48.5 Å². The van der Waals surface area contributed by atoms with Crippen molar-refractivity contribution >= 4 is 23.0 Å². The van der Waals surface area contributed by atoms with E-state index < -0.39 is 0 Å². The highest BCUT2D eigenvalue weighted by Crippen LogP contribution is 2.29. The number of thiophene rings is 1. The summed E-state index contributed by atoms with van der Waals surface area (Å²) in [6.45, 7) is 2.28. The highest BCUT2D eigenvalue weighted by molar-refractivity contribution is 7.15. The third-order valence-corrected chi connectivity index (χ3v) is 5.28. The molecule has 0 radical (unpaired) electrons. The lowest BCUT2D eigenvalue weighted by Gasteiger charge is -2.12. The first-order chi connectivity index (χ1) is 13.6. The van der Waals surface area contributed by atoms with Crippen LogP contribution in [0, 0.1) is 0 Å². The summed E-state index contributed by atoms with van der Waals surface area (Å²) < 4.78 is 11.3.